The molecule has 2 aromatic rings. The van der Waals surface area contributed by atoms with Crippen LogP contribution in [-0.2, 0) is 6.42 Å². The molecule has 20 heavy (non-hydrogen) atoms. The first-order chi connectivity index (χ1) is 9.67. The predicted octanol–water partition coefficient (Wildman–Crippen LogP) is 5.26. The van der Waals surface area contributed by atoms with Crippen LogP contribution in [0.15, 0.2) is 42.5 Å². The SMILES string of the molecule is CCc1cccc(C)c1NC(CC)c1ccccc1F. The number of anilines is 1. The fourth-order valence-corrected chi connectivity index (χ4v) is 2.56. The Morgan fingerprint density at radius 1 is 1.05 bits per heavy atom. The summed E-state index contributed by atoms with van der Waals surface area (Å²) in [6, 6.07) is 13.3. The van der Waals surface area contributed by atoms with Crippen molar-refractivity contribution in [3.8, 4) is 0 Å². The summed E-state index contributed by atoms with van der Waals surface area (Å²) in [5.74, 6) is -0.140. The Morgan fingerprint density at radius 3 is 2.45 bits per heavy atom. The van der Waals surface area contributed by atoms with Crippen LogP contribution in [0.3, 0.4) is 0 Å². The fourth-order valence-electron chi connectivity index (χ4n) is 2.56. The molecule has 1 N–H and O–H groups in total. The molecular formula is C18H22FN. The maximum atomic E-state index is 14.0. The van der Waals surface area contributed by atoms with Crippen molar-refractivity contribution in [1.29, 1.82) is 0 Å². The summed E-state index contributed by atoms with van der Waals surface area (Å²) in [7, 11) is 0. The van der Waals surface area contributed by atoms with Gasteiger partial charge in [-0.1, -0.05) is 50.2 Å². The Kier molecular flexibility index (Phi) is 4.78. The summed E-state index contributed by atoms with van der Waals surface area (Å²) in [5.41, 5.74) is 4.37. The van der Waals surface area contributed by atoms with Crippen LogP contribution in [0.25, 0.3) is 0 Å². The number of benzene rings is 2. The maximum Gasteiger partial charge on any atom is 0.128 e. The first kappa shape index (κ1) is 14.6. The largest absolute Gasteiger partial charge is 0.378 e. The smallest absolute Gasteiger partial charge is 0.128 e. The zero-order chi connectivity index (χ0) is 14.5. The van der Waals surface area contributed by atoms with Crippen LogP contribution < -0.4 is 5.32 Å². The average Bonchev–Trinajstić information content (AvgIpc) is 2.47. The molecule has 2 heteroatoms. The van der Waals surface area contributed by atoms with Crippen molar-refractivity contribution >= 4 is 5.69 Å². The summed E-state index contributed by atoms with van der Waals surface area (Å²) >= 11 is 0. The molecule has 1 atom stereocenters. The number of hydrogen-bond acceptors (Lipinski definition) is 1. The number of aryl methyl sites for hydroxylation is 2. The van der Waals surface area contributed by atoms with Crippen LogP contribution in [-0.4, -0.2) is 0 Å². The molecule has 0 heterocycles. The average molecular weight is 271 g/mol. The van der Waals surface area contributed by atoms with Crippen molar-refractivity contribution in [2.45, 2.75) is 39.7 Å². The van der Waals surface area contributed by atoms with Gasteiger partial charge in [0.15, 0.2) is 0 Å². The minimum absolute atomic E-state index is 0.00241. The van der Waals surface area contributed by atoms with Gasteiger partial charge in [-0.15, -0.1) is 0 Å². The van der Waals surface area contributed by atoms with E-state index in [4.69, 9.17) is 0 Å². The molecule has 0 bridgehead atoms. The lowest BCUT2D eigenvalue weighted by Gasteiger charge is -2.22. The van der Waals surface area contributed by atoms with Crippen molar-refractivity contribution in [2.24, 2.45) is 0 Å². The van der Waals surface area contributed by atoms with Gasteiger partial charge in [0.05, 0.1) is 6.04 Å². The van der Waals surface area contributed by atoms with E-state index >= 15 is 0 Å². The number of rotatable bonds is 5. The van der Waals surface area contributed by atoms with Crippen LogP contribution >= 0.6 is 0 Å². The second kappa shape index (κ2) is 6.56. The molecule has 0 aliphatic carbocycles. The van der Waals surface area contributed by atoms with Gasteiger partial charge in [0.25, 0.3) is 0 Å². The molecule has 106 valence electrons. The van der Waals surface area contributed by atoms with Gasteiger partial charge >= 0.3 is 0 Å². The first-order valence-electron chi connectivity index (χ1n) is 7.26. The molecule has 2 aromatic carbocycles. The third-order valence-corrected chi connectivity index (χ3v) is 3.75. The Balaban J connectivity index is 2.34. The quantitative estimate of drug-likeness (QED) is 0.782. The highest BCUT2D eigenvalue weighted by Gasteiger charge is 2.15. The summed E-state index contributed by atoms with van der Waals surface area (Å²) in [6.07, 6.45) is 1.82. The Hall–Kier alpha value is -1.83. The van der Waals surface area contributed by atoms with Crippen molar-refractivity contribution in [3.05, 3.63) is 65.0 Å². The van der Waals surface area contributed by atoms with E-state index in [-0.39, 0.29) is 11.9 Å². The lowest BCUT2D eigenvalue weighted by Crippen LogP contribution is -2.13. The molecule has 0 spiro atoms. The zero-order valence-electron chi connectivity index (χ0n) is 12.4. The third-order valence-electron chi connectivity index (χ3n) is 3.75. The molecule has 0 saturated carbocycles. The molecule has 0 amide bonds. The third kappa shape index (κ3) is 3.01. The van der Waals surface area contributed by atoms with Gasteiger partial charge in [0, 0.05) is 11.3 Å². The van der Waals surface area contributed by atoms with E-state index < -0.39 is 0 Å². The summed E-state index contributed by atoms with van der Waals surface area (Å²) in [5, 5.41) is 3.53. The van der Waals surface area contributed by atoms with Crippen molar-refractivity contribution in [1.82, 2.24) is 0 Å². The Labute approximate surface area is 120 Å². The van der Waals surface area contributed by atoms with Crippen molar-refractivity contribution in [2.75, 3.05) is 5.32 Å². The van der Waals surface area contributed by atoms with E-state index in [0.29, 0.717) is 0 Å². The van der Waals surface area contributed by atoms with Gasteiger partial charge in [0.1, 0.15) is 5.82 Å². The molecule has 2 rings (SSSR count). The van der Waals surface area contributed by atoms with Gasteiger partial charge < -0.3 is 5.32 Å². The van der Waals surface area contributed by atoms with Gasteiger partial charge in [-0.05, 0) is 37.0 Å². The summed E-state index contributed by atoms with van der Waals surface area (Å²) < 4.78 is 14.0. The van der Waals surface area contributed by atoms with Crippen LogP contribution in [0.1, 0.15) is 43.0 Å². The molecule has 0 radical (unpaired) electrons. The molecule has 0 aromatic heterocycles. The molecule has 0 saturated heterocycles. The fraction of sp³-hybridized carbons (Fsp3) is 0.333. The highest BCUT2D eigenvalue weighted by Crippen LogP contribution is 2.29. The van der Waals surface area contributed by atoms with E-state index in [1.807, 2.05) is 12.1 Å². The van der Waals surface area contributed by atoms with Crippen LogP contribution in [0.2, 0.25) is 0 Å². The van der Waals surface area contributed by atoms with Crippen molar-refractivity contribution < 1.29 is 4.39 Å². The van der Waals surface area contributed by atoms with Crippen LogP contribution in [0.4, 0.5) is 10.1 Å². The lowest BCUT2D eigenvalue weighted by atomic mass is 10.0. The van der Waals surface area contributed by atoms with E-state index in [9.17, 15) is 4.39 Å². The summed E-state index contributed by atoms with van der Waals surface area (Å²) in [4.78, 5) is 0. The molecule has 1 nitrogen and oxygen atoms in total. The van der Waals surface area contributed by atoms with Crippen molar-refractivity contribution in [3.63, 3.8) is 0 Å². The van der Waals surface area contributed by atoms with Crippen LogP contribution in [0.5, 0.6) is 0 Å². The monoisotopic (exact) mass is 271 g/mol. The molecular weight excluding hydrogens is 249 g/mol. The number of halogens is 1. The van der Waals surface area contributed by atoms with E-state index in [1.165, 1.54) is 17.2 Å². The second-order valence-corrected chi connectivity index (χ2v) is 5.09. The lowest BCUT2D eigenvalue weighted by molar-refractivity contribution is 0.587. The minimum Gasteiger partial charge on any atom is -0.378 e. The normalized spacial score (nSPS) is 12.2. The highest BCUT2D eigenvalue weighted by molar-refractivity contribution is 5.58. The Morgan fingerprint density at radius 2 is 1.80 bits per heavy atom. The van der Waals surface area contributed by atoms with E-state index in [0.717, 1.165) is 24.1 Å². The Bertz CT molecular complexity index is 577. The number of hydrogen-bond donors (Lipinski definition) is 1. The molecule has 0 fully saturated rings. The topological polar surface area (TPSA) is 12.0 Å². The number of para-hydroxylation sites is 1. The summed E-state index contributed by atoms with van der Waals surface area (Å²) in [6.45, 7) is 6.31. The molecule has 0 aliphatic rings. The van der Waals surface area contributed by atoms with E-state index in [1.54, 1.807) is 6.07 Å². The maximum absolute atomic E-state index is 14.0. The zero-order valence-corrected chi connectivity index (χ0v) is 12.4. The predicted molar refractivity (Wildman–Crippen MR) is 83.6 cm³/mol. The van der Waals surface area contributed by atoms with Gasteiger partial charge in [-0.25, -0.2) is 4.39 Å². The van der Waals surface area contributed by atoms with Gasteiger partial charge in [-0.3, -0.25) is 0 Å². The van der Waals surface area contributed by atoms with E-state index in [2.05, 4.69) is 44.3 Å². The minimum atomic E-state index is -0.140. The first-order valence-corrected chi connectivity index (χ1v) is 7.26. The highest BCUT2D eigenvalue weighted by atomic mass is 19.1. The standard InChI is InChI=1S/C18H22FN/c1-4-14-10-8-9-13(3)18(14)20-17(5-2)15-11-6-7-12-16(15)19/h6-12,17,20H,4-5H2,1-3H3. The van der Waals surface area contributed by atoms with Gasteiger partial charge in [-0.2, -0.15) is 0 Å². The molecule has 1 unspecified atom stereocenters. The molecule has 0 aliphatic heterocycles. The van der Waals surface area contributed by atoms with Gasteiger partial charge in [0.2, 0.25) is 0 Å². The van der Waals surface area contributed by atoms with Crippen LogP contribution in [0, 0.1) is 12.7 Å². The number of nitrogens with one attached hydrogen (secondary N) is 1. The second-order valence-electron chi connectivity index (χ2n) is 5.09.